The number of rotatable bonds is 4. The summed E-state index contributed by atoms with van der Waals surface area (Å²) in [5.74, 6) is 2.44. The average Bonchev–Trinajstić information content (AvgIpc) is 3.42. The summed E-state index contributed by atoms with van der Waals surface area (Å²) in [5.41, 5.74) is 2.12. The Bertz CT molecular complexity index is 1150. The number of hydrogen-bond acceptors (Lipinski definition) is 8. The van der Waals surface area contributed by atoms with E-state index in [9.17, 15) is 0 Å². The number of benzene rings is 1. The fourth-order valence-corrected chi connectivity index (χ4v) is 4.68. The summed E-state index contributed by atoms with van der Waals surface area (Å²) in [7, 11) is 3.20. The SMILES string of the molecule is COc1ccc(-c2nnn(-c3ncnc4sc5c(c34)CCC5)n2)cc1OC. The van der Waals surface area contributed by atoms with Gasteiger partial charge in [-0.2, -0.15) is 0 Å². The highest BCUT2D eigenvalue weighted by molar-refractivity contribution is 7.19. The van der Waals surface area contributed by atoms with Crippen LogP contribution in [0.1, 0.15) is 16.9 Å². The topological polar surface area (TPSA) is 87.8 Å². The van der Waals surface area contributed by atoms with Gasteiger partial charge in [-0.05, 0) is 48.2 Å². The lowest BCUT2D eigenvalue weighted by Gasteiger charge is -2.07. The largest absolute Gasteiger partial charge is 0.493 e. The van der Waals surface area contributed by atoms with E-state index in [0.717, 1.165) is 28.6 Å². The lowest BCUT2D eigenvalue weighted by atomic mass is 10.2. The predicted molar refractivity (Wildman–Crippen MR) is 101 cm³/mol. The molecule has 1 aliphatic rings. The molecule has 0 unspecified atom stereocenters. The van der Waals surface area contributed by atoms with Crippen LogP contribution in [0.3, 0.4) is 0 Å². The molecule has 0 fully saturated rings. The second-order valence-corrected chi connectivity index (χ2v) is 7.29. The highest BCUT2D eigenvalue weighted by Crippen LogP contribution is 2.38. The molecule has 4 aromatic rings. The van der Waals surface area contributed by atoms with Crippen LogP contribution in [0, 0.1) is 0 Å². The van der Waals surface area contributed by atoms with E-state index in [0.29, 0.717) is 23.1 Å². The molecule has 0 atom stereocenters. The molecule has 1 aliphatic carbocycles. The standard InChI is InChI=1S/C18H16N6O2S/c1-25-12-7-6-10(8-13(12)26-2)16-21-23-24(22-16)17-15-11-4-3-5-14(11)27-18(15)20-9-19-17/h6-9H,3-5H2,1-2H3. The van der Waals surface area contributed by atoms with Gasteiger partial charge in [0.25, 0.3) is 0 Å². The zero-order valence-corrected chi connectivity index (χ0v) is 15.7. The second kappa shape index (κ2) is 6.27. The number of aryl methyl sites for hydroxylation is 2. The van der Waals surface area contributed by atoms with Crippen molar-refractivity contribution in [2.24, 2.45) is 0 Å². The van der Waals surface area contributed by atoms with E-state index >= 15 is 0 Å². The van der Waals surface area contributed by atoms with Crippen LogP contribution in [0.15, 0.2) is 24.5 Å². The summed E-state index contributed by atoms with van der Waals surface area (Å²) in [6.45, 7) is 0. The molecule has 0 amide bonds. The summed E-state index contributed by atoms with van der Waals surface area (Å²) < 4.78 is 10.6. The molecule has 9 heteroatoms. The summed E-state index contributed by atoms with van der Waals surface area (Å²) in [6, 6.07) is 5.53. The van der Waals surface area contributed by atoms with E-state index in [2.05, 4.69) is 25.4 Å². The Hall–Kier alpha value is -3.07. The van der Waals surface area contributed by atoms with Gasteiger partial charge in [0.15, 0.2) is 17.3 Å². The lowest BCUT2D eigenvalue weighted by molar-refractivity contribution is 0.355. The maximum absolute atomic E-state index is 5.36. The van der Waals surface area contributed by atoms with Gasteiger partial charge in [0, 0.05) is 10.4 Å². The van der Waals surface area contributed by atoms with Gasteiger partial charge in [-0.1, -0.05) is 0 Å². The molecular formula is C18H16N6O2S. The number of fused-ring (bicyclic) bond motifs is 3. The third kappa shape index (κ3) is 2.54. The van der Waals surface area contributed by atoms with E-state index in [1.54, 1.807) is 31.9 Å². The minimum Gasteiger partial charge on any atom is -0.493 e. The first kappa shape index (κ1) is 16.1. The van der Waals surface area contributed by atoms with Crippen molar-refractivity contribution in [2.45, 2.75) is 19.3 Å². The molecule has 27 heavy (non-hydrogen) atoms. The Morgan fingerprint density at radius 1 is 1.07 bits per heavy atom. The minimum atomic E-state index is 0.495. The third-order valence-electron chi connectivity index (χ3n) is 4.73. The van der Waals surface area contributed by atoms with Crippen LogP contribution in [0.2, 0.25) is 0 Å². The zero-order valence-electron chi connectivity index (χ0n) is 14.8. The first-order valence-electron chi connectivity index (χ1n) is 8.56. The predicted octanol–water partition coefficient (Wildman–Crippen LogP) is 2.84. The van der Waals surface area contributed by atoms with Gasteiger partial charge in [0.1, 0.15) is 11.2 Å². The first-order valence-corrected chi connectivity index (χ1v) is 9.38. The Labute approximate surface area is 158 Å². The van der Waals surface area contributed by atoms with Gasteiger partial charge < -0.3 is 9.47 Å². The molecule has 0 bridgehead atoms. The summed E-state index contributed by atoms with van der Waals surface area (Å²) in [5, 5.41) is 14.0. The number of methoxy groups -OCH3 is 2. The second-order valence-electron chi connectivity index (χ2n) is 6.21. The number of ether oxygens (including phenoxy) is 2. The Balaban J connectivity index is 1.60. The number of aromatic nitrogens is 6. The normalized spacial score (nSPS) is 13.1. The number of tetrazole rings is 1. The highest BCUT2D eigenvalue weighted by Gasteiger charge is 2.23. The van der Waals surface area contributed by atoms with Crippen LogP contribution in [0.25, 0.3) is 27.4 Å². The fourth-order valence-electron chi connectivity index (χ4n) is 3.46. The van der Waals surface area contributed by atoms with Crippen LogP contribution in [-0.4, -0.2) is 44.4 Å². The Morgan fingerprint density at radius 2 is 1.96 bits per heavy atom. The molecule has 3 aromatic heterocycles. The van der Waals surface area contributed by atoms with Gasteiger partial charge in [0.2, 0.25) is 5.82 Å². The van der Waals surface area contributed by atoms with Gasteiger partial charge in [-0.25, -0.2) is 9.97 Å². The van der Waals surface area contributed by atoms with E-state index in [-0.39, 0.29) is 0 Å². The van der Waals surface area contributed by atoms with E-state index in [1.807, 2.05) is 18.2 Å². The van der Waals surface area contributed by atoms with Crippen LogP contribution >= 0.6 is 11.3 Å². The van der Waals surface area contributed by atoms with E-state index in [1.165, 1.54) is 21.7 Å². The fraction of sp³-hybridized carbons (Fsp3) is 0.278. The van der Waals surface area contributed by atoms with Crippen molar-refractivity contribution in [2.75, 3.05) is 14.2 Å². The van der Waals surface area contributed by atoms with Crippen molar-refractivity contribution < 1.29 is 9.47 Å². The van der Waals surface area contributed by atoms with Crippen LogP contribution in [-0.2, 0) is 12.8 Å². The molecule has 1 aromatic carbocycles. The Morgan fingerprint density at radius 3 is 2.81 bits per heavy atom. The average molecular weight is 380 g/mol. The van der Waals surface area contributed by atoms with Gasteiger partial charge in [-0.15, -0.1) is 26.3 Å². The summed E-state index contributed by atoms with van der Waals surface area (Å²) in [6.07, 6.45) is 4.89. The molecule has 136 valence electrons. The van der Waals surface area contributed by atoms with Gasteiger partial charge in [0.05, 0.1) is 19.6 Å². The Kier molecular flexibility index (Phi) is 3.75. The van der Waals surface area contributed by atoms with Crippen molar-refractivity contribution >= 4 is 21.6 Å². The smallest absolute Gasteiger partial charge is 0.205 e. The van der Waals surface area contributed by atoms with Crippen molar-refractivity contribution in [3.8, 4) is 28.7 Å². The zero-order chi connectivity index (χ0) is 18.4. The number of thiophene rings is 1. The molecule has 3 heterocycles. The minimum absolute atomic E-state index is 0.495. The highest BCUT2D eigenvalue weighted by atomic mass is 32.1. The number of nitrogens with zero attached hydrogens (tertiary/aromatic N) is 6. The van der Waals surface area contributed by atoms with Crippen molar-refractivity contribution in [3.05, 3.63) is 35.0 Å². The maximum atomic E-state index is 5.36. The maximum Gasteiger partial charge on any atom is 0.205 e. The monoisotopic (exact) mass is 380 g/mol. The first-order chi connectivity index (χ1) is 13.3. The van der Waals surface area contributed by atoms with Crippen LogP contribution in [0.5, 0.6) is 11.5 Å². The van der Waals surface area contributed by atoms with Crippen molar-refractivity contribution in [1.82, 2.24) is 30.2 Å². The van der Waals surface area contributed by atoms with Gasteiger partial charge in [-0.3, -0.25) is 0 Å². The summed E-state index contributed by atoms with van der Waals surface area (Å²) in [4.78, 5) is 12.7. The molecule has 8 nitrogen and oxygen atoms in total. The molecule has 0 saturated carbocycles. The molecule has 0 radical (unpaired) electrons. The van der Waals surface area contributed by atoms with Gasteiger partial charge >= 0.3 is 0 Å². The van der Waals surface area contributed by atoms with E-state index in [4.69, 9.17) is 9.47 Å². The van der Waals surface area contributed by atoms with Crippen LogP contribution in [0.4, 0.5) is 0 Å². The van der Waals surface area contributed by atoms with Crippen LogP contribution < -0.4 is 9.47 Å². The lowest BCUT2D eigenvalue weighted by Crippen LogP contribution is -2.04. The van der Waals surface area contributed by atoms with Crippen molar-refractivity contribution in [3.63, 3.8) is 0 Å². The third-order valence-corrected chi connectivity index (χ3v) is 5.93. The quantitative estimate of drug-likeness (QED) is 0.538. The molecule has 5 rings (SSSR count). The molecule has 0 spiro atoms. The molecule has 0 aliphatic heterocycles. The summed E-state index contributed by atoms with van der Waals surface area (Å²) >= 11 is 1.74. The molecular weight excluding hydrogens is 364 g/mol. The van der Waals surface area contributed by atoms with E-state index < -0.39 is 0 Å². The molecule has 0 N–H and O–H groups in total. The molecule has 0 saturated heterocycles. The van der Waals surface area contributed by atoms with Crippen molar-refractivity contribution in [1.29, 1.82) is 0 Å². The number of hydrogen-bond donors (Lipinski definition) is 0.